The minimum Gasteiger partial charge on any atom is -0.326 e. The monoisotopic (exact) mass is 215 g/mol. The molecule has 0 radical (unpaired) electrons. The van der Waals surface area contributed by atoms with Crippen LogP contribution in [0.25, 0.3) is 0 Å². The van der Waals surface area contributed by atoms with E-state index in [0.717, 1.165) is 17.1 Å². The molecule has 82 valence electrons. The fourth-order valence-electron chi connectivity index (χ4n) is 1.42. The summed E-state index contributed by atoms with van der Waals surface area (Å²) < 4.78 is 0. The predicted octanol–water partition coefficient (Wildman–Crippen LogP) is 2.12. The normalized spacial score (nSPS) is 9.81. The van der Waals surface area contributed by atoms with Gasteiger partial charge in [0.05, 0.1) is 11.4 Å². The zero-order valence-electron chi connectivity index (χ0n) is 8.95. The molecular weight excluding hydrogens is 202 g/mol. The van der Waals surface area contributed by atoms with E-state index in [-0.39, 0.29) is 5.56 Å². The maximum absolute atomic E-state index is 11.2. The van der Waals surface area contributed by atoms with Gasteiger partial charge < -0.3 is 15.8 Å². The third-order valence-electron chi connectivity index (χ3n) is 2.10. The standard InChI is InChI=1S/C12H13N3O/c1-9-7-11(8-12(16)13-9)15-14-10-5-3-2-4-6-10/h2-8,14H,1H3,(H2,13,15,16). The number of aromatic nitrogens is 1. The van der Waals surface area contributed by atoms with E-state index in [9.17, 15) is 4.79 Å². The van der Waals surface area contributed by atoms with Gasteiger partial charge >= 0.3 is 0 Å². The van der Waals surface area contributed by atoms with Gasteiger partial charge in [-0.05, 0) is 25.1 Å². The van der Waals surface area contributed by atoms with Crippen molar-refractivity contribution in [2.75, 3.05) is 10.9 Å². The molecule has 16 heavy (non-hydrogen) atoms. The average molecular weight is 215 g/mol. The molecule has 0 bridgehead atoms. The number of nitrogens with one attached hydrogen (secondary N) is 3. The Kier molecular flexibility index (Phi) is 2.91. The van der Waals surface area contributed by atoms with Crippen molar-refractivity contribution >= 4 is 11.4 Å². The van der Waals surface area contributed by atoms with Gasteiger partial charge in [-0.3, -0.25) is 4.79 Å². The third-order valence-corrected chi connectivity index (χ3v) is 2.10. The van der Waals surface area contributed by atoms with Crippen molar-refractivity contribution in [2.24, 2.45) is 0 Å². The Morgan fingerprint density at radius 1 is 1.00 bits per heavy atom. The second-order valence-electron chi connectivity index (χ2n) is 3.53. The second kappa shape index (κ2) is 4.53. The van der Waals surface area contributed by atoms with Crippen LogP contribution < -0.4 is 16.4 Å². The lowest BCUT2D eigenvalue weighted by molar-refractivity contribution is 1.14. The van der Waals surface area contributed by atoms with Crippen LogP contribution in [-0.4, -0.2) is 4.98 Å². The summed E-state index contributed by atoms with van der Waals surface area (Å²) in [6, 6.07) is 13.1. The number of aromatic amines is 1. The Bertz CT molecular complexity index is 519. The number of hydrogen-bond acceptors (Lipinski definition) is 3. The molecule has 2 rings (SSSR count). The maximum atomic E-state index is 11.2. The Hall–Kier alpha value is -2.23. The first-order chi connectivity index (χ1) is 7.74. The SMILES string of the molecule is Cc1cc(NNc2ccccc2)cc(=O)[nH]1. The van der Waals surface area contributed by atoms with E-state index >= 15 is 0 Å². The van der Waals surface area contributed by atoms with Gasteiger partial charge in [-0.15, -0.1) is 0 Å². The Morgan fingerprint density at radius 2 is 1.69 bits per heavy atom. The van der Waals surface area contributed by atoms with Crippen LogP contribution in [0.3, 0.4) is 0 Å². The van der Waals surface area contributed by atoms with E-state index in [4.69, 9.17) is 0 Å². The molecule has 4 nitrogen and oxygen atoms in total. The van der Waals surface area contributed by atoms with Crippen molar-refractivity contribution in [3.63, 3.8) is 0 Å². The Balaban J connectivity index is 2.08. The molecule has 0 aliphatic carbocycles. The van der Waals surface area contributed by atoms with Gasteiger partial charge in [0.2, 0.25) is 5.56 Å². The molecule has 0 atom stereocenters. The average Bonchev–Trinajstić information content (AvgIpc) is 2.27. The highest BCUT2D eigenvalue weighted by Crippen LogP contribution is 2.08. The second-order valence-corrected chi connectivity index (χ2v) is 3.53. The smallest absolute Gasteiger partial charge is 0.250 e. The number of hydrazine groups is 1. The lowest BCUT2D eigenvalue weighted by Gasteiger charge is -2.09. The number of pyridine rings is 1. The summed E-state index contributed by atoms with van der Waals surface area (Å²) in [4.78, 5) is 13.9. The molecule has 4 heteroatoms. The first kappa shape index (κ1) is 10.3. The first-order valence-electron chi connectivity index (χ1n) is 5.02. The van der Waals surface area contributed by atoms with Gasteiger partial charge in [0.1, 0.15) is 0 Å². The van der Waals surface area contributed by atoms with Gasteiger partial charge in [-0.25, -0.2) is 0 Å². The summed E-state index contributed by atoms with van der Waals surface area (Å²) in [6.45, 7) is 1.84. The number of benzene rings is 1. The van der Waals surface area contributed by atoms with Crippen molar-refractivity contribution < 1.29 is 0 Å². The predicted molar refractivity (Wildman–Crippen MR) is 65.5 cm³/mol. The fourth-order valence-corrected chi connectivity index (χ4v) is 1.42. The largest absolute Gasteiger partial charge is 0.326 e. The number of anilines is 2. The van der Waals surface area contributed by atoms with Crippen molar-refractivity contribution in [1.29, 1.82) is 0 Å². The number of rotatable bonds is 3. The number of hydrogen-bond donors (Lipinski definition) is 3. The molecule has 0 aliphatic heterocycles. The molecule has 1 aromatic carbocycles. The lowest BCUT2D eigenvalue weighted by Crippen LogP contribution is -2.13. The lowest BCUT2D eigenvalue weighted by atomic mass is 10.3. The van der Waals surface area contributed by atoms with Gasteiger partial charge in [0, 0.05) is 11.8 Å². The third kappa shape index (κ3) is 2.63. The van der Waals surface area contributed by atoms with Crippen LogP contribution in [0.15, 0.2) is 47.3 Å². The van der Waals surface area contributed by atoms with Crippen LogP contribution in [0.2, 0.25) is 0 Å². The van der Waals surface area contributed by atoms with Crippen molar-refractivity contribution in [1.82, 2.24) is 4.98 Å². The zero-order chi connectivity index (χ0) is 11.4. The topological polar surface area (TPSA) is 56.9 Å². The van der Waals surface area contributed by atoms with Gasteiger partial charge in [0.25, 0.3) is 0 Å². The highest BCUT2D eigenvalue weighted by molar-refractivity contribution is 5.52. The maximum Gasteiger partial charge on any atom is 0.250 e. The Morgan fingerprint density at radius 3 is 2.38 bits per heavy atom. The molecule has 1 aromatic heterocycles. The van der Waals surface area contributed by atoms with E-state index < -0.39 is 0 Å². The summed E-state index contributed by atoms with van der Waals surface area (Å²) in [6.07, 6.45) is 0. The molecule has 0 amide bonds. The molecule has 0 spiro atoms. The molecule has 2 aromatic rings. The molecule has 0 saturated carbocycles. The van der Waals surface area contributed by atoms with Crippen molar-refractivity contribution in [3.8, 4) is 0 Å². The van der Waals surface area contributed by atoms with E-state index in [0.29, 0.717) is 0 Å². The minimum atomic E-state index is -0.114. The van der Waals surface area contributed by atoms with Crippen LogP contribution in [0.5, 0.6) is 0 Å². The number of H-pyrrole nitrogens is 1. The number of aryl methyl sites for hydroxylation is 1. The Labute approximate surface area is 93.3 Å². The molecule has 3 N–H and O–H groups in total. The molecule has 1 heterocycles. The van der Waals surface area contributed by atoms with Gasteiger partial charge in [-0.2, -0.15) is 0 Å². The molecular formula is C12H13N3O. The zero-order valence-corrected chi connectivity index (χ0v) is 8.95. The van der Waals surface area contributed by atoms with E-state index in [1.54, 1.807) is 0 Å². The van der Waals surface area contributed by atoms with E-state index in [1.807, 2.05) is 43.3 Å². The summed E-state index contributed by atoms with van der Waals surface area (Å²) in [5.74, 6) is 0. The summed E-state index contributed by atoms with van der Waals surface area (Å²) in [5, 5.41) is 0. The van der Waals surface area contributed by atoms with Crippen LogP contribution in [-0.2, 0) is 0 Å². The van der Waals surface area contributed by atoms with Crippen LogP contribution in [0.1, 0.15) is 5.69 Å². The quantitative estimate of drug-likeness (QED) is 0.687. The molecule has 0 unspecified atom stereocenters. The summed E-state index contributed by atoms with van der Waals surface area (Å²) in [7, 11) is 0. The molecule has 0 aliphatic rings. The summed E-state index contributed by atoms with van der Waals surface area (Å²) >= 11 is 0. The first-order valence-corrected chi connectivity index (χ1v) is 5.02. The molecule has 0 saturated heterocycles. The van der Waals surface area contributed by atoms with Crippen LogP contribution in [0, 0.1) is 6.92 Å². The number of para-hydroxylation sites is 1. The summed E-state index contributed by atoms with van der Waals surface area (Å²) in [5.41, 5.74) is 8.38. The van der Waals surface area contributed by atoms with E-state index in [2.05, 4.69) is 15.8 Å². The highest BCUT2D eigenvalue weighted by Gasteiger charge is 1.95. The molecule has 0 fully saturated rings. The van der Waals surface area contributed by atoms with Crippen LogP contribution in [0.4, 0.5) is 11.4 Å². The highest BCUT2D eigenvalue weighted by atomic mass is 16.1. The minimum absolute atomic E-state index is 0.114. The van der Waals surface area contributed by atoms with Crippen molar-refractivity contribution in [3.05, 3.63) is 58.5 Å². The van der Waals surface area contributed by atoms with Gasteiger partial charge in [-0.1, -0.05) is 18.2 Å². The van der Waals surface area contributed by atoms with Gasteiger partial charge in [0.15, 0.2) is 0 Å². The van der Waals surface area contributed by atoms with Crippen LogP contribution >= 0.6 is 0 Å². The van der Waals surface area contributed by atoms with E-state index in [1.165, 1.54) is 6.07 Å². The fraction of sp³-hybridized carbons (Fsp3) is 0.0833. The van der Waals surface area contributed by atoms with Crippen molar-refractivity contribution in [2.45, 2.75) is 6.92 Å².